The first-order chi connectivity index (χ1) is 7.74. The number of rotatable bonds is 10. The highest BCUT2D eigenvalue weighted by molar-refractivity contribution is 5.05. The average molecular weight is 228 g/mol. The number of hydrogen-bond acceptors (Lipinski definition) is 4. The molecule has 0 amide bonds. The van der Waals surface area contributed by atoms with E-state index in [1.807, 2.05) is 13.8 Å². The van der Waals surface area contributed by atoms with E-state index in [9.17, 15) is 5.26 Å². The van der Waals surface area contributed by atoms with Crippen molar-refractivity contribution in [3.63, 3.8) is 0 Å². The fraction of sp³-hybridized carbons (Fsp3) is 0.917. The van der Waals surface area contributed by atoms with Crippen LogP contribution in [0.15, 0.2) is 0 Å². The summed E-state index contributed by atoms with van der Waals surface area (Å²) < 4.78 is 10.3. The summed E-state index contributed by atoms with van der Waals surface area (Å²) >= 11 is 0. The molecule has 0 saturated carbocycles. The molecule has 1 unspecified atom stereocenters. The van der Waals surface area contributed by atoms with E-state index in [0.29, 0.717) is 19.8 Å². The summed E-state index contributed by atoms with van der Waals surface area (Å²) in [6.07, 6.45) is 2.56. The third-order valence-corrected chi connectivity index (χ3v) is 2.66. The summed E-state index contributed by atoms with van der Waals surface area (Å²) in [5, 5.41) is 12.4. The van der Waals surface area contributed by atoms with E-state index in [1.54, 1.807) is 7.11 Å². The van der Waals surface area contributed by atoms with Gasteiger partial charge in [0, 0.05) is 13.7 Å². The Balaban J connectivity index is 3.73. The van der Waals surface area contributed by atoms with Gasteiger partial charge in [0.05, 0.1) is 19.3 Å². The maximum absolute atomic E-state index is 9.18. The molecule has 0 rings (SSSR count). The molecule has 0 radical (unpaired) electrons. The zero-order chi connectivity index (χ0) is 12.3. The molecule has 1 atom stereocenters. The predicted molar refractivity (Wildman–Crippen MR) is 64.2 cm³/mol. The Kier molecular flexibility index (Phi) is 9.21. The van der Waals surface area contributed by atoms with E-state index >= 15 is 0 Å². The van der Waals surface area contributed by atoms with Gasteiger partial charge in [-0.15, -0.1) is 0 Å². The van der Waals surface area contributed by atoms with Gasteiger partial charge in [-0.25, -0.2) is 0 Å². The number of methoxy groups -OCH3 is 1. The lowest BCUT2D eigenvalue weighted by Crippen LogP contribution is -2.43. The molecule has 0 aromatic carbocycles. The van der Waals surface area contributed by atoms with Crippen molar-refractivity contribution in [3.05, 3.63) is 0 Å². The predicted octanol–water partition coefficient (Wildman–Crippen LogP) is 1.71. The van der Waals surface area contributed by atoms with Crippen molar-refractivity contribution >= 4 is 0 Å². The van der Waals surface area contributed by atoms with Crippen molar-refractivity contribution in [2.75, 3.05) is 33.5 Å². The van der Waals surface area contributed by atoms with Gasteiger partial charge in [-0.3, -0.25) is 5.32 Å². The number of ether oxygens (including phenoxy) is 2. The van der Waals surface area contributed by atoms with Gasteiger partial charge in [0.25, 0.3) is 0 Å². The Morgan fingerprint density at radius 2 is 2.00 bits per heavy atom. The fourth-order valence-corrected chi connectivity index (χ4v) is 1.62. The lowest BCUT2D eigenvalue weighted by Gasteiger charge is -2.25. The van der Waals surface area contributed by atoms with Gasteiger partial charge >= 0.3 is 0 Å². The molecule has 4 nitrogen and oxygen atoms in total. The Labute approximate surface area is 98.9 Å². The smallest absolute Gasteiger partial charge is 0.106 e. The SMILES string of the molecule is CCNC(C#N)(CC)CCCOCCOC. The van der Waals surface area contributed by atoms with Crippen molar-refractivity contribution in [1.82, 2.24) is 5.32 Å². The quantitative estimate of drug-likeness (QED) is 0.578. The number of nitrogens with zero attached hydrogens (tertiary/aromatic N) is 1. The van der Waals surface area contributed by atoms with E-state index in [-0.39, 0.29) is 5.54 Å². The van der Waals surface area contributed by atoms with Gasteiger partial charge in [0.1, 0.15) is 5.54 Å². The Hall–Kier alpha value is -0.630. The number of nitriles is 1. The van der Waals surface area contributed by atoms with Crippen LogP contribution in [0.2, 0.25) is 0 Å². The summed E-state index contributed by atoms with van der Waals surface area (Å²) in [5.74, 6) is 0. The number of hydrogen-bond donors (Lipinski definition) is 1. The molecule has 16 heavy (non-hydrogen) atoms. The summed E-state index contributed by atoms with van der Waals surface area (Å²) in [5.41, 5.74) is -0.376. The van der Waals surface area contributed by atoms with Gasteiger partial charge in [-0.1, -0.05) is 13.8 Å². The van der Waals surface area contributed by atoms with Crippen molar-refractivity contribution in [2.24, 2.45) is 0 Å². The van der Waals surface area contributed by atoms with Crippen LogP contribution in [0.3, 0.4) is 0 Å². The minimum absolute atomic E-state index is 0.376. The maximum Gasteiger partial charge on any atom is 0.106 e. The van der Waals surface area contributed by atoms with Crippen LogP contribution >= 0.6 is 0 Å². The van der Waals surface area contributed by atoms with Crippen LogP contribution in [-0.4, -0.2) is 39.0 Å². The molecule has 0 bridgehead atoms. The van der Waals surface area contributed by atoms with E-state index < -0.39 is 0 Å². The molecular weight excluding hydrogens is 204 g/mol. The minimum Gasteiger partial charge on any atom is -0.382 e. The second kappa shape index (κ2) is 9.59. The zero-order valence-electron chi connectivity index (χ0n) is 10.7. The van der Waals surface area contributed by atoms with Crippen LogP contribution in [-0.2, 0) is 9.47 Å². The lowest BCUT2D eigenvalue weighted by molar-refractivity contribution is 0.0666. The largest absolute Gasteiger partial charge is 0.382 e. The highest BCUT2D eigenvalue weighted by Gasteiger charge is 2.25. The first-order valence-corrected chi connectivity index (χ1v) is 5.97. The van der Waals surface area contributed by atoms with Gasteiger partial charge in [-0.2, -0.15) is 5.26 Å². The van der Waals surface area contributed by atoms with Crippen molar-refractivity contribution in [1.29, 1.82) is 5.26 Å². The van der Waals surface area contributed by atoms with Crippen molar-refractivity contribution in [2.45, 2.75) is 38.6 Å². The van der Waals surface area contributed by atoms with Crippen LogP contribution in [0, 0.1) is 11.3 Å². The van der Waals surface area contributed by atoms with Crippen LogP contribution < -0.4 is 5.32 Å². The van der Waals surface area contributed by atoms with Crippen LogP contribution in [0.1, 0.15) is 33.1 Å². The topological polar surface area (TPSA) is 54.3 Å². The Bertz CT molecular complexity index is 204. The van der Waals surface area contributed by atoms with E-state index in [1.165, 1.54) is 0 Å². The van der Waals surface area contributed by atoms with E-state index in [4.69, 9.17) is 9.47 Å². The van der Waals surface area contributed by atoms with Crippen molar-refractivity contribution in [3.8, 4) is 6.07 Å². The van der Waals surface area contributed by atoms with Crippen LogP contribution in [0.25, 0.3) is 0 Å². The van der Waals surface area contributed by atoms with Crippen molar-refractivity contribution < 1.29 is 9.47 Å². The molecule has 0 saturated heterocycles. The molecule has 0 aromatic rings. The summed E-state index contributed by atoms with van der Waals surface area (Å²) in [7, 11) is 1.66. The molecule has 0 aliphatic rings. The number of nitrogens with one attached hydrogen (secondary N) is 1. The lowest BCUT2D eigenvalue weighted by atomic mass is 9.92. The zero-order valence-corrected chi connectivity index (χ0v) is 10.7. The molecule has 0 heterocycles. The van der Waals surface area contributed by atoms with Gasteiger partial charge in [0.15, 0.2) is 0 Å². The molecule has 0 aromatic heterocycles. The third kappa shape index (κ3) is 6.06. The minimum atomic E-state index is -0.376. The normalized spacial score (nSPS) is 14.4. The molecule has 94 valence electrons. The molecule has 1 N–H and O–H groups in total. The molecule has 0 fully saturated rings. The summed E-state index contributed by atoms with van der Waals surface area (Å²) in [4.78, 5) is 0. The maximum atomic E-state index is 9.18. The third-order valence-electron chi connectivity index (χ3n) is 2.66. The summed E-state index contributed by atoms with van der Waals surface area (Å²) in [6.45, 7) is 6.84. The average Bonchev–Trinajstić information content (AvgIpc) is 2.32. The molecule has 0 spiro atoms. The second-order valence-electron chi connectivity index (χ2n) is 3.79. The Morgan fingerprint density at radius 1 is 1.25 bits per heavy atom. The standard InChI is InChI=1S/C12H24N2O2/c1-4-12(11-13,14-5-2)7-6-8-16-10-9-15-3/h14H,4-10H2,1-3H3. The van der Waals surface area contributed by atoms with Crippen LogP contribution in [0.5, 0.6) is 0 Å². The molecule has 4 heteroatoms. The monoisotopic (exact) mass is 228 g/mol. The van der Waals surface area contributed by atoms with E-state index in [2.05, 4.69) is 11.4 Å². The highest BCUT2D eigenvalue weighted by atomic mass is 16.5. The molecule has 0 aliphatic heterocycles. The van der Waals surface area contributed by atoms with Gasteiger partial charge in [-0.05, 0) is 25.8 Å². The fourth-order valence-electron chi connectivity index (χ4n) is 1.62. The highest BCUT2D eigenvalue weighted by Crippen LogP contribution is 2.16. The molecule has 0 aliphatic carbocycles. The Morgan fingerprint density at radius 3 is 2.50 bits per heavy atom. The van der Waals surface area contributed by atoms with Crippen LogP contribution in [0.4, 0.5) is 0 Å². The van der Waals surface area contributed by atoms with Gasteiger partial charge < -0.3 is 9.47 Å². The van der Waals surface area contributed by atoms with Gasteiger partial charge in [0.2, 0.25) is 0 Å². The van der Waals surface area contributed by atoms with E-state index in [0.717, 1.165) is 25.8 Å². The second-order valence-corrected chi connectivity index (χ2v) is 3.79. The summed E-state index contributed by atoms with van der Waals surface area (Å²) in [6, 6.07) is 2.38. The first-order valence-electron chi connectivity index (χ1n) is 5.97. The molecular formula is C12H24N2O2. The first kappa shape index (κ1) is 15.4.